The third kappa shape index (κ3) is 6.10. The molecule has 0 saturated carbocycles. The van der Waals surface area contributed by atoms with E-state index in [2.05, 4.69) is 67.6 Å². The second-order valence-electron chi connectivity index (χ2n) is 8.86. The highest BCUT2D eigenvalue weighted by atomic mass is 32.1. The van der Waals surface area contributed by atoms with Crippen LogP contribution in [0.4, 0.5) is 0 Å². The Morgan fingerprint density at radius 1 is 0.750 bits per heavy atom. The van der Waals surface area contributed by atoms with Crippen molar-refractivity contribution in [3.63, 3.8) is 0 Å². The highest BCUT2D eigenvalue weighted by molar-refractivity contribution is 7.09. The zero-order valence-corrected chi connectivity index (χ0v) is 21.3. The molecular weight excluding hydrogens is 464 g/mol. The first-order chi connectivity index (χ1) is 17.8. The zero-order valence-electron chi connectivity index (χ0n) is 20.5. The molecule has 1 atom stereocenters. The molecule has 0 radical (unpaired) electrons. The first-order valence-corrected chi connectivity index (χ1v) is 13.2. The average molecular weight is 495 g/mol. The summed E-state index contributed by atoms with van der Waals surface area (Å²) in [6.45, 7) is 0. The standard InChI is InChI=1S/C29H30N6S/c1-35-27(14-12-24-10-6-19-36-24)25(20-23-9-3-5-16-31-23)26(13-11-22-8-2-4-15-30-22)34-29(35)21-28-32-17-7-18-33-28/h2-10,15-19,29H,11-14,20-21H2,1H3. The Kier molecular flexibility index (Phi) is 7.88. The molecule has 0 aliphatic carbocycles. The van der Waals surface area contributed by atoms with Gasteiger partial charge in [-0.2, -0.15) is 0 Å². The average Bonchev–Trinajstić information content (AvgIpc) is 3.45. The van der Waals surface area contributed by atoms with Crippen molar-refractivity contribution in [2.24, 2.45) is 4.99 Å². The number of hydrogen-bond donors (Lipinski definition) is 0. The van der Waals surface area contributed by atoms with E-state index in [9.17, 15) is 0 Å². The molecular formula is C29H30N6S. The fourth-order valence-corrected chi connectivity index (χ4v) is 5.31. The fraction of sp³-hybridized carbons (Fsp3) is 0.276. The first kappa shape index (κ1) is 24.0. The molecule has 1 aliphatic heterocycles. The van der Waals surface area contributed by atoms with E-state index in [1.54, 1.807) is 12.4 Å². The Morgan fingerprint density at radius 3 is 2.19 bits per heavy atom. The molecule has 0 N–H and O–H groups in total. The van der Waals surface area contributed by atoms with Crippen molar-refractivity contribution in [2.45, 2.75) is 44.7 Å². The van der Waals surface area contributed by atoms with Crippen molar-refractivity contribution in [3.05, 3.63) is 118 Å². The molecule has 5 heterocycles. The molecule has 0 bridgehead atoms. The van der Waals surface area contributed by atoms with Gasteiger partial charge in [-0.05, 0) is 73.0 Å². The van der Waals surface area contributed by atoms with Gasteiger partial charge in [0.1, 0.15) is 12.0 Å². The number of nitrogens with zero attached hydrogens (tertiary/aromatic N) is 6. The lowest BCUT2D eigenvalue weighted by atomic mass is 9.93. The van der Waals surface area contributed by atoms with Crippen molar-refractivity contribution in [2.75, 3.05) is 7.05 Å². The summed E-state index contributed by atoms with van der Waals surface area (Å²) in [4.78, 5) is 27.2. The van der Waals surface area contributed by atoms with E-state index >= 15 is 0 Å². The molecule has 1 aliphatic rings. The van der Waals surface area contributed by atoms with Crippen molar-refractivity contribution in [1.82, 2.24) is 24.8 Å². The summed E-state index contributed by atoms with van der Waals surface area (Å²) >= 11 is 1.82. The third-order valence-electron chi connectivity index (χ3n) is 6.48. The van der Waals surface area contributed by atoms with Crippen molar-refractivity contribution >= 4 is 17.0 Å². The molecule has 6 nitrogen and oxygen atoms in total. The molecule has 0 spiro atoms. The number of aliphatic imine (C=N–C) groups is 1. The quantitative estimate of drug-likeness (QED) is 0.297. The van der Waals surface area contributed by atoms with Gasteiger partial charge < -0.3 is 4.90 Å². The maximum Gasteiger partial charge on any atom is 0.132 e. The Morgan fingerprint density at radius 2 is 1.50 bits per heavy atom. The van der Waals surface area contributed by atoms with E-state index in [0.717, 1.165) is 55.0 Å². The largest absolute Gasteiger partial charge is 0.356 e. The third-order valence-corrected chi connectivity index (χ3v) is 7.41. The van der Waals surface area contributed by atoms with E-state index in [-0.39, 0.29) is 6.17 Å². The number of aromatic nitrogens is 4. The number of allylic oxidation sites excluding steroid dienone is 2. The molecule has 0 amide bonds. The molecule has 4 aromatic heterocycles. The second kappa shape index (κ2) is 11.8. The van der Waals surface area contributed by atoms with Gasteiger partial charge in [0, 0.05) is 72.4 Å². The summed E-state index contributed by atoms with van der Waals surface area (Å²) in [5.41, 5.74) is 5.91. The number of aryl methyl sites for hydroxylation is 2. The smallest absolute Gasteiger partial charge is 0.132 e. The van der Waals surface area contributed by atoms with Crippen LogP contribution in [0, 0.1) is 0 Å². The monoisotopic (exact) mass is 494 g/mol. The molecule has 1 unspecified atom stereocenters. The van der Waals surface area contributed by atoms with Gasteiger partial charge in [-0.1, -0.05) is 18.2 Å². The fourth-order valence-electron chi connectivity index (χ4n) is 4.60. The molecule has 7 heteroatoms. The van der Waals surface area contributed by atoms with Crippen LogP contribution in [0.1, 0.15) is 34.9 Å². The minimum Gasteiger partial charge on any atom is -0.356 e. The van der Waals surface area contributed by atoms with Crippen molar-refractivity contribution in [3.8, 4) is 0 Å². The van der Waals surface area contributed by atoms with E-state index in [0.29, 0.717) is 6.42 Å². The topological polar surface area (TPSA) is 67.2 Å². The molecule has 4 aromatic rings. The summed E-state index contributed by atoms with van der Waals surface area (Å²) in [7, 11) is 2.16. The van der Waals surface area contributed by atoms with Crippen LogP contribution in [0.3, 0.4) is 0 Å². The maximum absolute atomic E-state index is 5.30. The molecule has 182 valence electrons. The predicted molar refractivity (Wildman–Crippen MR) is 145 cm³/mol. The molecule has 0 fully saturated rings. The summed E-state index contributed by atoms with van der Waals surface area (Å²) in [6.07, 6.45) is 12.4. The van der Waals surface area contributed by atoms with Gasteiger partial charge in [-0.15, -0.1) is 11.3 Å². The van der Waals surface area contributed by atoms with Crippen LogP contribution < -0.4 is 0 Å². The Hall–Kier alpha value is -3.71. The SMILES string of the molecule is CN1C(CCc2cccs2)=C(Cc2ccccn2)C(CCc2ccccn2)=NC1Cc1ncccn1. The Balaban J connectivity index is 1.50. The number of thiophene rings is 1. The number of hydrogen-bond acceptors (Lipinski definition) is 7. The zero-order chi connectivity index (χ0) is 24.6. The lowest BCUT2D eigenvalue weighted by molar-refractivity contribution is 0.287. The van der Waals surface area contributed by atoms with Crippen LogP contribution in [0.2, 0.25) is 0 Å². The highest BCUT2D eigenvalue weighted by Gasteiger charge is 2.28. The predicted octanol–water partition coefficient (Wildman–Crippen LogP) is 5.35. The number of rotatable bonds is 10. The Bertz CT molecular complexity index is 1290. The van der Waals surface area contributed by atoms with Gasteiger partial charge in [0.15, 0.2) is 0 Å². The van der Waals surface area contributed by atoms with Crippen molar-refractivity contribution in [1.29, 1.82) is 0 Å². The van der Waals surface area contributed by atoms with Crippen LogP contribution in [-0.4, -0.2) is 43.8 Å². The number of pyridine rings is 2. The second-order valence-corrected chi connectivity index (χ2v) is 9.89. The van der Waals surface area contributed by atoms with Crippen molar-refractivity contribution < 1.29 is 0 Å². The van der Waals surface area contributed by atoms with Crippen LogP contribution in [0.5, 0.6) is 0 Å². The normalized spacial score (nSPS) is 15.8. The van der Waals surface area contributed by atoms with E-state index in [1.807, 2.05) is 48.0 Å². The van der Waals surface area contributed by atoms with Crippen LogP contribution in [0.25, 0.3) is 0 Å². The summed E-state index contributed by atoms with van der Waals surface area (Å²) < 4.78 is 0. The van der Waals surface area contributed by atoms with E-state index < -0.39 is 0 Å². The lowest BCUT2D eigenvalue weighted by Crippen LogP contribution is -2.39. The Labute approximate surface area is 216 Å². The highest BCUT2D eigenvalue weighted by Crippen LogP contribution is 2.30. The van der Waals surface area contributed by atoms with E-state index in [4.69, 9.17) is 4.99 Å². The molecule has 0 saturated heterocycles. The molecule has 36 heavy (non-hydrogen) atoms. The van der Waals surface area contributed by atoms with Crippen LogP contribution >= 0.6 is 11.3 Å². The summed E-state index contributed by atoms with van der Waals surface area (Å²) in [5.74, 6) is 0.813. The summed E-state index contributed by atoms with van der Waals surface area (Å²) in [6, 6.07) is 18.4. The van der Waals surface area contributed by atoms with Gasteiger partial charge >= 0.3 is 0 Å². The molecule has 0 aromatic carbocycles. The lowest BCUT2D eigenvalue weighted by Gasteiger charge is -2.36. The van der Waals surface area contributed by atoms with Crippen LogP contribution in [0.15, 0.2) is 101 Å². The first-order valence-electron chi connectivity index (χ1n) is 12.4. The van der Waals surface area contributed by atoms with Gasteiger partial charge in [-0.3, -0.25) is 15.0 Å². The van der Waals surface area contributed by atoms with E-state index in [1.165, 1.54) is 16.1 Å². The summed E-state index contributed by atoms with van der Waals surface area (Å²) in [5, 5.41) is 2.15. The van der Waals surface area contributed by atoms with Gasteiger partial charge in [0.2, 0.25) is 0 Å². The number of likely N-dealkylation sites (N-methyl/N-ethyl adjacent to an activating group) is 1. The minimum absolute atomic E-state index is 0.0445. The van der Waals surface area contributed by atoms with Gasteiger partial charge in [-0.25, -0.2) is 9.97 Å². The van der Waals surface area contributed by atoms with Gasteiger partial charge in [0.05, 0.1) is 0 Å². The van der Waals surface area contributed by atoms with Crippen LogP contribution in [-0.2, 0) is 25.7 Å². The molecule has 5 rings (SSSR count). The minimum atomic E-state index is -0.0445. The van der Waals surface area contributed by atoms with Gasteiger partial charge in [0.25, 0.3) is 0 Å². The maximum atomic E-state index is 5.30.